The van der Waals surface area contributed by atoms with Gasteiger partial charge in [0.1, 0.15) is 5.84 Å². The van der Waals surface area contributed by atoms with Crippen molar-refractivity contribution in [2.45, 2.75) is 49.8 Å². The lowest BCUT2D eigenvalue weighted by Crippen LogP contribution is -2.30. The van der Waals surface area contributed by atoms with Gasteiger partial charge in [0.15, 0.2) is 0 Å². The normalized spacial score (nSPS) is 16.5. The molecule has 29 heavy (non-hydrogen) atoms. The molecule has 0 fully saturated rings. The van der Waals surface area contributed by atoms with Crippen LogP contribution < -0.4 is 10.0 Å². The van der Waals surface area contributed by atoms with Gasteiger partial charge < -0.3 is 5.32 Å². The quantitative estimate of drug-likeness (QED) is 0.804. The summed E-state index contributed by atoms with van der Waals surface area (Å²) in [6.45, 7) is 0.658. The van der Waals surface area contributed by atoms with Crippen LogP contribution in [0.15, 0.2) is 52.4 Å². The van der Waals surface area contributed by atoms with E-state index in [0.717, 1.165) is 38.5 Å². The van der Waals surface area contributed by atoms with E-state index in [1.807, 2.05) is 18.2 Å². The average Bonchev–Trinajstić information content (AvgIpc) is 3.04. The number of fused-ring (bicyclic) bond motifs is 1. The third kappa shape index (κ3) is 4.67. The van der Waals surface area contributed by atoms with Crippen LogP contribution in [0.1, 0.15) is 53.6 Å². The van der Waals surface area contributed by atoms with E-state index in [-0.39, 0.29) is 10.8 Å². The molecule has 0 unspecified atom stereocenters. The minimum absolute atomic E-state index is 0.153. The van der Waals surface area contributed by atoms with Gasteiger partial charge in [0.25, 0.3) is 15.9 Å². The van der Waals surface area contributed by atoms with Gasteiger partial charge in [0.2, 0.25) is 0 Å². The van der Waals surface area contributed by atoms with Crippen LogP contribution in [0.25, 0.3) is 0 Å². The number of benzene rings is 2. The number of aliphatic imine (C=N–C) groups is 1. The lowest BCUT2D eigenvalue weighted by molar-refractivity contribution is 0.102. The Morgan fingerprint density at radius 1 is 0.862 bits per heavy atom. The molecule has 0 saturated carbocycles. The third-order valence-electron chi connectivity index (χ3n) is 5.41. The summed E-state index contributed by atoms with van der Waals surface area (Å²) in [6, 6.07) is 12.0. The second-order valence-corrected chi connectivity index (χ2v) is 9.24. The lowest BCUT2D eigenvalue weighted by atomic mass is 10.1. The van der Waals surface area contributed by atoms with Gasteiger partial charge >= 0.3 is 0 Å². The van der Waals surface area contributed by atoms with Gasteiger partial charge in [-0.25, -0.2) is 8.42 Å². The smallest absolute Gasteiger partial charge is 0.262 e. The molecule has 0 bridgehead atoms. The van der Waals surface area contributed by atoms with E-state index in [2.05, 4.69) is 15.0 Å². The van der Waals surface area contributed by atoms with Gasteiger partial charge in [-0.3, -0.25) is 14.5 Å². The van der Waals surface area contributed by atoms with Crippen LogP contribution in [0.4, 0.5) is 5.69 Å². The number of aryl methyl sites for hydroxylation is 2. The Labute approximate surface area is 171 Å². The zero-order valence-corrected chi connectivity index (χ0v) is 17.1. The highest BCUT2D eigenvalue weighted by atomic mass is 32.2. The number of amides is 1. The number of hydrogen-bond donors (Lipinski definition) is 2. The second kappa shape index (κ2) is 8.37. The summed E-state index contributed by atoms with van der Waals surface area (Å²) in [5, 5.41) is 2.84. The van der Waals surface area contributed by atoms with E-state index in [0.29, 0.717) is 30.1 Å². The molecule has 2 aromatic rings. The number of sulfonamides is 1. The molecule has 2 aliphatic rings. The second-order valence-electron chi connectivity index (χ2n) is 7.56. The summed E-state index contributed by atoms with van der Waals surface area (Å²) in [4.78, 5) is 17.0. The van der Waals surface area contributed by atoms with Crippen molar-refractivity contribution in [2.24, 2.45) is 4.99 Å². The highest BCUT2D eigenvalue weighted by Crippen LogP contribution is 2.23. The zero-order chi connectivity index (χ0) is 20.3. The maximum absolute atomic E-state index is 12.6. The molecule has 1 heterocycles. The molecule has 1 amide bonds. The predicted octanol–water partition coefficient (Wildman–Crippen LogP) is 3.68. The van der Waals surface area contributed by atoms with Crippen molar-refractivity contribution in [1.29, 1.82) is 0 Å². The van der Waals surface area contributed by atoms with Gasteiger partial charge in [-0.15, -0.1) is 0 Å². The lowest BCUT2D eigenvalue weighted by Gasteiger charge is -2.11. The van der Waals surface area contributed by atoms with E-state index < -0.39 is 10.0 Å². The molecule has 6 nitrogen and oxygen atoms in total. The molecule has 0 spiro atoms. The van der Waals surface area contributed by atoms with Crippen molar-refractivity contribution >= 4 is 27.5 Å². The maximum Gasteiger partial charge on any atom is 0.262 e. The van der Waals surface area contributed by atoms with E-state index >= 15 is 0 Å². The Morgan fingerprint density at radius 2 is 1.66 bits per heavy atom. The number of rotatable bonds is 4. The first-order valence-electron chi connectivity index (χ1n) is 10.1. The molecular formula is C22H25N3O3S. The number of nitrogens with zero attached hydrogens (tertiary/aromatic N) is 1. The van der Waals surface area contributed by atoms with E-state index in [1.54, 1.807) is 12.1 Å². The molecule has 1 aliphatic heterocycles. The largest absolute Gasteiger partial charge is 0.322 e. The fraction of sp³-hybridized carbons (Fsp3) is 0.364. The summed E-state index contributed by atoms with van der Waals surface area (Å²) in [6.07, 6.45) is 6.87. The first-order chi connectivity index (χ1) is 14.0. The van der Waals surface area contributed by atoms with Gasteiger partial charge in [-0.2, -0.15) is 0 Å². The van der Waals surface area contributed by atoms with Crippen LogP contribution in [0, 0.1) is 0 Å². The number of carbonyl (C=O) groups is 1. The molecule has 0 atom stereocenters. The minimum atomic E-state index is -3.67. The summed E-state index contributed by atoms with van der Waals surface area (Å²) >= 11 is 0. The monoisotopic (exact) mass is 411 g/mol. The fourth-order valence-electron chi connectivity index (χ4n) is 3.81. The Bertz CT molecular complexity index is 1040. The van der Waals surface area contributed by atoms with Gasteiger partial charge in [0, 0.05) is 24.2 Å². The number of carbonyl (C=O) groups excluding carboxylic acids is 1. The van der Waals surface area contributed by atoms with E-state index in [1.165, 1.54) is 23.3 Å². The molecule has 0 saturated heterocycles. The highest BCUT2D eigenvalue weighted by molar-refractivity contribution is 7.90. The van der Waals surface area contributed by atoms with Gasteiger partial charge in [0.05, 0.1) is 4.90 Å². The van der Waals surface area contributed by atoms with Crippen LogP contribution in [0.5, 0.6) is 0 Å². The van der Waals surface area contributed by atoms with Crippen molar-refractivity contribution in [2.75, 3.05) is 11.9 Å². The van der Waals surface area contributed by atoms with Crippen molar-refractivity contribution < 1.29 is 13.2 Å². The summed E-state index contributed by atoms with van der Waals surface area (Å²) in [7, 11) is -3.67. The Balaban J connectivity index is 1.43. The number of anilines is 1. The molecule has 0 radical (unpaired) electrons. The molecule has 2 N–H and O–H groups in total. The summed E-state index contributed by atoms with van der Waals surface area (Å²) in [5.41, 5.74) is 3.74. The van der Waals surface area contributed by atoms with Crippen LogP contribution in [-0.2, 0) is 22.9 Å². The molecule has 152 valence electrons. The first-order valence-corrected chi connectivity index (χ1v) is 11.6. The third-order valence-corrected chi connectivity index (χ3v) is 6.81. The topological polar surface area (TPSA) is 87.6 Å². The molecule has 1 aliphatic carbocycles. The fourth-order valence-corrected chi connectivity index (χ4v) is 4.89. The Kier molecular flexibility index (Phi) is 5.67. The summed E-state index contributed by atoms with van der Waals surface area (Å²) < 4.78 is 27.8. The van der Waals surface area contributed by atoms with Crippen molar-refractivity contribution in [1.82, 2.24) is 4.72 Å². The van der Waals surface area contributed by atoms with E-state index in [4.69, 9.17) is 0 Å². The predicted molar refractivity (Wildman–Crippen MR) is 114 cm³/mol. The molecular weight excluding hydrogens is 386 g/mol. The number of amidine groups is 1. The van der Waals surface area contributed by atoms with Crippen LogP contribution in [-0.4, -0.2) is 26.7 Å². The number of nitrogens with one attached hydrogen (secondary N) is 2. The van der Waals surface area contributed by atoms with Crippen molar-refractivity contribution in [3.05, 3.63) is 59.2 Å². The van der Waals surface area contributed by atoms with Crippen molar-refractivity contribution in [3.63, 3.8) is 0 Å². The summed E-state index contributed by atoms with van der Waals surface area (Å²) in [5.74, 6) is 0.331. The Morgan fingerprint density at radius 3 is 2.48 bits per heavy atom. The zero-order valence-electron chi connectivity index (χ0n) is 16.3. The van der Waals surface area contributed by atoms with Crippen LogP contribution in [0.2, 0.25) is 0 Å². The van der Waals surface area contributed by atoms with Gasteiger partial charge in [-0.1, -0.05) is 12.5 Å². The number of hydrogen-bond acceptors (Lipinski definition) is 4. The first kappa shape index (κ1) is 19.6. The van der Waals surface area contributed by atoms with Crippen molar-refractivity contribution in [3.8, 4) is 0 Å². The Hall–Kier alpha value is -2.67. The molecule has 4 rings (SSSR count). The molecule has 2 aromatic carbocycles. The average molecular weight is 412 g/mol. The highest BCUT2D eigenvalue weighted by Gasteiger charge is 2.18. The molecule has 7 heteroatoms. The van der Waals surface area contributed by atoms with Crippen LogP contribution >= 0.6 is 0 Å². The maximum atomic E-state index is 12.6. The standard InChI is InChI=1S/C22H25N3O3S/c26-22(18-9-8-16-5-4-6-17(16)15-18)24-19-10-12-20(13-11-19)29(27,28)25-21-7-2-1-3-14-23-21/h8-13,15H,1-7,14H2,(H,23,25)(H,24,26). The van der Waals surface area contributed by atoms with E-state index in [9.17, 15) is 13.2 Å². The van der Waals surface area contributed by atoms with Crippen LogP contribution in [0.3, 0.4) is 0 Å². The van der Waals surface area contributed by atoms with Gasteiger partial charge in [-0.05, 0) is 79.6 Å². The minimum Gasteiger partial charge on any atom is -0.322 e. The molecule has 0 aromatic heterocycles. The SMILES string of the molecule is O=C(Nc1ccc(S(=O)(=O)NC2=NCCCCC2)cc1)c1ccc2c(c1)CCC2.